The van der Waals surface area contributed by atoms with Gasteiger partial charge in [-0.2, -0.15) is 0 Å². The Labute approximate surface area is 82.5 Å². The van der Waals surface area contributed by atoms with Crippen LogP contribution >= 0.6 is 11.5 Å². The molecule has 1 heterocycles. The molecule has 0 spiro atoms. The van der Waals surface area contributed by atoms with Crippen LogP contribution in [-0.2, 0) is 11.3 Å². The molecule has 74 valence electrons. The molecule has 0 amide bonds. The molecule has 0 aromatic carbocycles. The molecule has 1 rings (SSSR count). The second kappa shape index (κ2) is 6.01. The van der Waals surface area contributed by atoms with Crippen LogP contribution in [0.15, 0.2) is 5.38 Å². The lowest BCUT2D eigenvalue weighted by molar-refractivity contribution is 0.184. The van der Waals surface area contributed by atoms with E-state index in [1.807, 2.05) is 5.38 Å². The number of hydrogen-bond acceptors (Lipinski definition) is 5. The quantitative estimate of drug-likeness (QED) is 0.747. The molecular formula is C8H15N3OS. The van der Waals surface area contributed by atoms with E-state index in [0.29, 0.717) is 6.04 Å². The van der Waals surface area contributed by atoms with E-state index < -0.39 is 0 Å². The van der Waals surface area contributed by atoms with Gasteiger partial charge in [-0.1, -0.05) is 4.49 Å². The van der Waals surface area contributed by atoms with Gasteiger partial charge in [-0.15, -0.1) is 5.10 Å². The number of ether oxygens (including phenoxy) is 1. The first-order valence-corrected chi connectivity index (χ1v) is 5.15. The maximum atomic E-state index is 4.98. The van der Waals surface area contributed by atoms with Gasteiger partial charge in [0, 0.05) is 31.7 Å². The number of rotatable bonds is 6. The molecule has 13 heavy (non-hydrogen) atoms. The maximum Gasteiger partial charge on any atom is 0.0893 e. The van der Waals surface area contributed by atoms with Gasteiger partial charge < -0.3 is 10.1 Å². The van der Waals surface area contributed by atoms with Gasteiger partial charge in [0.05, 0.1) is 5.69 Å². The Morgan fingerprint density at radius 3 is 3.15 bits per heavy atom. The molecule has 1 aromatic heterocycles. The summed E-state index contributed by atoms with van der Waals surface area (Å²) in [6.45, 7) is 3.73. The van der Waals surface area contributed by atoms with Crippen molar-refractivity contribution < 1.29 is 4.74 Å². The average molecular weight is 201 g/mol. The predicted molar refractivity (Wildman–Crippen MR) is 52.7 cm³/mol. The molecule has 0 aliphatic rings. The Kier molecular flexibility index (Phi) is 4.88. The van der Waals surface area contributed by atoms with Gasteiger partial charge in [0.15, 0.2) is 0 Å². The summed E-state index contributed by atoms with van der Waals surface area (Å²) in [6.07, 6.45) is 1.02. The van der Waals surface area contributed by atoms with Crippen LogP contribution in [0.4, 0.5) is 0 Å². The number of methoxy groups -OCH3 is 1. The Balaban J connectivity index is 2.11. The predicted octanol–water partition coefficient (Wildman–Crippen LogP) is 1.05. The summed E-state index contributed by atoms with van der Waals surface area (Å²) in [5.41, 5.74) is 1.01. The van der Waals surface area contributed by atoms with Crippen molar-refractivity contribution in [3.05, 3.63) is 11.1 Å². The fraction of sp³-hybridized carbons (Fsp3) is 0.750. The van der Waals surface area contributed by atoms with Crippen molar-refractivity contribution in [2.24, 2.45) is 0 Å². The molecule has 1 N–H and O–H groups in total. The van der Waals surface area contributed by atoms with Gasteiger partial charge in [-0.3, -0.25) is 0 Å². The third-order valence-corrected chi connectivity index (χ3v) is 2.35. The molecule has 0 aliphatic carbocycles. The summed E-state index contributed by atoms with van der Waals surface area (Å²) in [6, 6.07) is 0.460. The minimum absolute atomic E-state index is 0.460. The van der Waals surface area contributed by atoms with Crippen molar-refractivity contribution in [3.8, 4) is 0 Å². The van der Waals surface area contributed by atoms with E-state index in [9.17, 15) is 0 Å². The number of nitrogens with one attached hydrogen (secondary N) is 1. The molecule has 0 saturated heterocycles. The summed E-state index contributed by atoms with van der Waals surface area (Å²) in [7, 11) is 1.72. The van der Waals surface area contributed by atoms with Gasteiger partial charge >= 0.3 is 0 Å². The van der Waals surface area contributed by atoms with Gasteiger partial charge in [0.2, 0.25) is 0 Å². The van der Waals surface area contributed by atoms with E-state index in [-0.39, 0.29) is 0 Å². The van der Waals surface area contributed by atoms with Crippen molar-refractivity contribution in [3.63, 3.8) is 0 Å². The number of hydrogen-bond donors (Lipinski definition) is 1. The van der Waals surface area contributed by atoms with Crippen molar-refractivity contribution in [1.82, 2.24) is 14.9 Å². The summed E-state index contributed by atoms with van der Waals surface area (Å²) in [5.74, 6) is 0. The van der Waals surface area contributed by atoms with Gasteiger partial charge in [-0.05, 0) is 24.9 Å². The van der Waals surface area contributed by atoms with Crippen molar-refractivity contribution in [2.45, 2.75) is 25.9 Å². The van der Waals surface area contributed by atoms with Crippen molar-refractivity contribution >= 4 is 11.5 Å². The minimum atomic E-state index is 0.460. The maximum absolute atomic E-state index is 4.98. The van der Waals surface area contributed by atoms with E-state index in [2.05, 4.69) is 21.8 Å². The number of aromatic nitrogens is 2. The molecule has 5 heteroatoms. The van der Waals surface area contributed by atoms with Crippen LogP contribution in [0.25, 0.3) is 0 Å². The topological polar surface area (TPSA) is 47.0 Å². The second-order valence-electron chi connectivity index (χ2n) is 2.96. The zero-order chi connectivity index (χ0) is 9.52. The van der Waals surface area contributed by atoms with Crippen LogP contribution < -0.4 is 5.32 Å². The first-order valence-electron chi connectivity index (χ1n) is 4.31. The van der Waals surface area contributed by atoms with E-state index in [0.717, 1.165) is 25.3 Å². The highest BCUT2D eigenvalue weighted by Gasteiger charge is 2.01. The molecule has 0 bridgehead atoms. The monoisotopic (exact) mass is 201 g/mol. The molecule has 1 unspecified atom stereocenters. The normalized spacial score (nSPS) is 13.1. The lowest BCUT2D eigenvalue weighted by atomic mass is 10.2. The molecule has 0 saturated carbocycles. The fourth-order valence-corrected chi connectivity index (χ4v) is 1.39. The minimum Gasteiger partial charge on any atom is -0.385 e. The third-order valence-electron chi connectivity index (χ3n) is 1.79. The summed E-state index contributed by atoms with van der Waals surface area (Å²) >= 11 is 1.38. The Morgan fingerprint density at radius 2 is 2.54 bits per heavy atom. The summed E-state index contributed by atoms with van der Waals surface area (Å²) in [4.78, 5) is 0. The highest BCUT2D eigenvalue weighted by Crippen LogP contribution is 1.98. The van der Waals surface area contributed by atoms with Crippen LogP contribution in [0.3, 0.4) is 0 Å². The molecule has 1 atom stereocenters. The lowest BCUT2D eigenvalue weighted by Crippen LogP contribution is -2.26. The van der Waals surface area contributed by atoms with E-state index >= 15 is 0 Å². The van der Waals surface area contributed by atoms with Crippen LogP contribution in [0, 0.1) is 0 Å². The first-order chi connectivity index (χ1) is 6.33. The molecule has 4 nitrogen and oxygen atoms in total. The SMILES string of the molecule is COCCC(C)NCc1csnn1. The van der Waals surface area contributed by atoms with Crippen LogP contribution in [0.1, 0.15) is 19.0 Å². The van der Waals surface area contributed by atoms with Crippen molar-refractivity contribution in [1.29, 1.82) is 0 Å². The molecule has 0 aliphatic heterocycles. The van der Waals surface area contributed by atoms with Gasteiger partial charge in [0.1, 0.15) is 0 Å². The largest absolute Gasteiger partial charge is 0.385 e. The molecular weight excluding hydrogens is 186 g/mol. The second-order valence-corrected chi connectivity index (χ2v) is 3.57. The summed E-state index contributed by atoms with van der Waals surface area (Å²) in [5, 5.41) is 9.24. The zero-order valence-electron chi connectivity index (χ0n) is 7.99. The third kappa shape index (κ3) is 4.31. The molecule has 0 fully saturated rings. The van der Waals surface area contributed by atoms with Gasteiger partial charge in [0.25, 0.3) is 0 Å². The standard InChI is InChI=1S/C8H15N3OS/c1-7(3-4-12-2)9-5-8-6-13-11-10-8/h6-7,9H,3-5H2,1-2H3. The van der Waals surface area contributed by atoms with Crippen LogP contribution in [-0.4, -0.2) is 29.3 Å². The van der Waals surface area contributed by atoms with Crippen LogP contribution in [0.5, 0.6) is 0 Å². The first kappa shape index (κ1) is 10.6. The smallest absolute Gasteiger partial charge is 0.0893 e. The Bertz CT molecular complexity index is 215. The lowest BCUT2D eigenvalue weighted by Gasteiger charge is -2.11. The van der Waals surface area contributed by atoms with Crippen LogP contribution in [0.2, 0.25) is 0 Å². The summed E-state index contributed by atoms with van der Waals surface area (Å²) < 4.78 is 8.77. The number of nitrogens with zero attached hydrogens (tertiary/aromatic N) is 2. The average Bonchev–Trinajstić information content (AvgIpc) is 2.64. The highest BCUT2D eigenvalue weighted by atomic mass is 32.1. The molecule has 1 aromatic rings. The Morgan fingerprint density at radius 1 is 1.69 bits per heavy atom. The Hall–Kier alpha value is -0.520. The zero-order valence-corrected chi connectivity index (χ0v) is 8.80. The highest BCUT2D eigenvalue weighted by molar-refractivity contribution is 7.03. The van der Waals surface area contributed by atoms with E-state index in [4.69, 9.17) is 4.74 Å². The fourth-order valence-electron chi connectivity index (χ4n) is 0.936. The van der Waals surface area contributed by atoms with E-state index in [1.165, 1.54) is 11.5 Å². The van der Waals surface area contributed by atoms with Crippen molar-refractivity contribution in [2.75, 3.05) is 13.7 Å². The molecule has 0 radical (unpaired) electrons. The van der Waals surface area contributed by atoms with E-state index in [1.54, 1.807) is 7.11 Å². The van der Waals surface area contributed by atoms with Gasteiger partial charge in [-0.25, -0.2) is 0 Å².